The zero-order valence-corrected chi connectivity index (χ0v) is 35.1. The van der Waals surface area contributed by atoms with Crippen molar-refractivity contribution in [2.75, 3.05) is 34.4 Å². The summed E-state index contributed by atoms with van der Waals surface area (Å²) in [6.07, 6.45) is -10.3. The molecule has 13 nitrogen and oxygen atoms in total. The number of carbonyl (C=O) groups is 4. The Morgan fingerprint density at radius 2 is 1.02 bits per heavy atom. The Morgan fingerprint density at radius 1 is 0.644 bits per heavy atom. The van der Waals surface area contributed by atoms with Crippen molar-refractivity contribution >= 4 is 59.0 Å². The van der Waals surface area contributed by atoms with Gasteiger partial charge in [0.25, 0.3) is 0 Å². The van der Waals surface area contributed by atoms with Gasteiger partial charge in [-0.25, -0.2) is 19.2 Å². The summed E-state index contributed by atoms with van der Waals surface area (Å²) in [6, 6.07) is 2.47. The first-order valence-corrected chi connectivity index (χ1v) is 17.5. The third kappa shape index (κ3) is 19.0. The van der Waals surface area contributed by atoms with E-state index in [-0.39, 0.29) is 63.2 Å². The van der Waals surface area contributed by atoms with Crippen LogP contribution in [-0.4, -0.2) is 79.0 Å². The van der Waals surface area contributed by atoms with E-state index in [2.05, 4.69) is 34.5 Å². The van der Waals surface area contributed by atoms with Crippen molar-refractivity contribution < 1.29 is 77.6 Å². The molecule has 0 bridgehead atoms. The van der Waals surface area contributed by atoms with Crippen LogP contribution in [0.1, 0.15) is 92.9 Å². The molecule has 0 spiro atoms. The largest absolute Gasteiger partial charge is 0.465 e. The number of nitrogens with zero attached hydrogens (tertiary/aromatic N) is 3. The van der Waals surface area contributed by atoms with Crippen LogP contribution in [0.3, 0.4) is 0 Å². The number of aromatic nitrogens is 3. The van der Waals surface area contributed by atoms with Gasteiger partial charge in [-0.15, -0.1) is 12.4 Å². The molecule has 3 aromatic heterocycles. The maximum absolute atomic E-state index is 12.8. The number of methoxy groups -OCH3 is 3. The highest BCUT2D eigenvalue weighted by Crippen LogP contribution is 2.31. The van der Waals surface area contributed by atoms with E-state index in [0.717, 1.165) is 58.1 Å². The molecule has 0 saturated heterocycles. The van der Waals surface area contributed by atoms with Gasteiger partial charge in [-0.05, 0) is 105 Å². The molecule has 330 valence electrons. The van der Waals surface area contributed by atoms with Crippen molar-refractivity contribution in [3.63, 3.8) is 0 Å². The molecule has 59 heavy (non-hydrogen) atoms. The zero-order chi connectivity index (χ0) is 44.6. The SMILES string of the molecule is COC(=O)c1cnc(C(F)(F)F)cc1CCCCNC(=O)OC(C)(C)C.COC(=O)c1cnc(C(F)(F)F)cc1CCN.COC(=O)c1cnc(C(F)(F)F)cc1I.Cl. The second-order valence-electron chi connectivity index (χ2n) is 12.4. The van der Waals surface area contributed by atoms with Crippen molar-refractivity contribution in [1.82, 2.24) is 20.3 Å². The maximum atomic E-state index is 12.8. The average molecular weight is 992 g/mol. The molecule has 3 rings (SSSR count). The molecule has 0 aliphatic rings. The molecule has 0 saturated carbocycles. The van der Waals surface area contributed by atoms with Crippen molar-refractivity contribution in [2.24, 2.45) is 5.73 Å². The standard InChI is InChI=1S/C17H23F3N2O4.C10H11F3N2O2.C8H5F3INO2.ClH/c1-16(2,3)26-15(24)21-8-6-5-7-11-9-13(17(18,19)20)22-10-12(11)14(23)25-4;1-17-9(16)7-5-15-8(10(11,12)13)4-6(7)2-3-14;1-15-7(14)4-3-13-6(2-5(4)12)8(9,10)11;/h9-10H,5-8H2,1-4H3,(H,21,24);4-5H,2-3,14H2,1H3;2-3H,1H3;1H. The first-order chi connectivity index (χ1) is 26.7. The summed E-state index contributed by atoms with van der Waals surface area (Å²) < 4.78 is 131. The second-order valence-corrected chi connectivity index (χ2v) is 13.6. The highest BCUT2D eigenvalue weighted by Gasteiger charge is 2.35. The predicted molar refractivity (Wildman–Crippen MR) is 202 cm³/mol. The number of halogens is 11. The minimum atomic E-state index is -4.60. The predicted octanol–water partition coefficient (Wildman–Crippen LogP) is 8.04. The minimum Gasteiger partial charge on any atom is -0.465 e. The molecule has 24 heteroatoms. The molecule has 0 aliphatic heterocycles. The monoisotopic (exact) mass is 991 g/mol. The Morgan fingerprint density at radius 3 is 1.37 bits per heavy atom. The molecule has 0 radical (unpaired) electrons. The summed E-state index contributed by atoms with van der Waals surface area (Å²) in [4.78, 5) is 55.1. The lowest BCUT2D eigenvalue weighted by Crippen LogP contribution is -2.33. The van der Waals surface area contributed by atoms with Gasteiger partial charge in [-0.3, -0.25) is 15.0 Å². The number of ether oxygens (including phenoxy) is 4. The molecule has 0 aliphatic carbocycles. The van der Waals surface area contributed by atoms with Crippen LogP contribution in [-0.2, 0) is 50.3 Å². The second kappa shape index (κ2) is 23.9. The van der Waals surface area contributed by atoms with E-state index in [0.29, 0.717) is 19.4 Å². The van der Waals surface area contributed by atoms with Crippen molar-refractivity contribution in [2.45, 2.75) is 70.6 Å². The van der Waals surface area contributed by atoms with Crippen molar-refractivity contribution in [1.29, 1.82) is 0 Å². The lowest BCUT2D eigenvalue weighted by atomic mass is 10.0. The summed E-state index contributed by atoms with van der Waals surface area (Å²) in [5.74, 6) is -2.18. The van der Waals surface area contributed by atoms with E-state index < -0.39 is 65.2 Å². The Bertz CT molecular complexity index is 1880. The van der Waals surface area contributed by atoms with E-state index in [4.69, 9.17) is 10.5 Å². The highest BCUT2D eigenvalue weighted by molar-refractivity contribution is 14.1. The van der Waals surface area contributed by atoms with Gasteiger partial charge in [0.2, 0.25) is 0 Å². The van der Waals surface area contributed by atoms with Crippen molar-refractivity contribution in [3.8, 4) is 0 Å². The Hall–Kier alpha value is -4.52. The number of aryl methyl sites for hydroxylation is 1. The number of pyridine rings is 3. The number of alkyl carbamates (subject to hydrolysis) is 1. The number of nitrogens with two attached hydrogens (primary N) is 1. The van der Waals surface area contributed by atoms with E-state index in [1.807, 2.05) is 0 Å². The number of unbranched alkanes of at least 4 members (excludes halogenated alkanes) is 1. The molecule has 0 unspecified atom stereocenters. The molecular weight excluding hydrogens is 952 g/mol. The van der Waals surface area contributed by atoms with E-state index in [1.165, 1.54) is 0 Å². The van der Waals surface area contributed by atoms with Crippen LogP contribution >= 0.6 is 35.0 Å². The van der Waals surface area contributed by atoms with Gasteiger partial charge in [0.1, 0.15) is 22.7 Å². The van der Waals surface area contributed by atoms with Crippen LogP contribution in [0.5, 0.6) is 0 Å². The molecular formula is C35H40ClF9IN5O8. The molecule has 3 N–H and O–H groups in total. The van der Waals surface area contributed by atoms with Crippen molar-refractivity contribution in [3.05, 3.63) is 85.3 Å². The number of hydrogen-bond donors (Lipinski definition) is 2. The van der Waals surface area contributed by atoms with Gasteiger partial charge in [-0.1, -0.05) is 0 Å². The van der Waals surface area contributed by atoms with Gasteiger partial charge in [0, 0.05) is 28.7 Å². The van der Waals surface area contributed by atoms with Gasteiger partial charge < -0.3 is 30.0 Å². The summed E-state index contributed by atoms with van der Waals surface area (Å²) >= 11 is 1.62. The van der Waals surface area contributed by atoms with E-state index in [1.54, 1.807) is 43.4 Å². The van der Waals surface area contributed by atoms with E-state index >= 15 is 0 Å². The number of amides is 1. The molecule has 0 atom stereocenters. The van der Waals surface area contributed by atoms with Crippen LogP contribution in [0.25, 0.3) is 0 Å². The first kappa shape index (κ1) is 54.5. The number of nitrogens with one attached hydrogen (secondary N) is 1. The van der Waals surface area contributed by atoms with Gasteiger partial charge in [0.05, 0.1) is 38.0 Å². The first-order valence-electron chi connectivity index (χ1n) is 16.5. The molecule has 1 amide bonds. The van der Waals surface area contributed by atoms with Gasteiger partial charge in [-0.2, -0.15) is 39.5 Å². The number of carbonyl (C=O) groups excluding carboxylic acids is 4. The smallest absolute Gasteiger partial charge is 0.433 e. The van der Waals surface area contributed by atoms with Crippen LogP contribution in [0.15, 0.2) is 36.8 Å². The summed E-state index contributed by atoms with van der Waals surface area (Å²) in [6.45, 7) is 5.65. The third-order valence-corrected chi connectivity index (χ3v) is 7.77. The number of esters is 3. The van der Waals surface area contributed by atoms with Gasteiger partial charge in [0.15, 0.2) is 0 Å². The summed E-state index contributed by atoms with van der Waals surface area (Å²) in [5, 5.41) is 2.56. The quantitative estimate of drug-likeness (QED) is 0.0657. The van der Waals surface area contributed by atoms with Crippen LogP contribution < -0.4 is 11.1 Å². The number of hydrogen-bond acceptors (Lipinski definition) is 12. The summed E-state index contributed by atoms with van der Waals surface area (Å²) in [7, 11) is 3.44. The Labute approximate surface area is 351 Å². The lowest BCUT2D eigenvalue weighted by molar-refractivity contribution is -0.142. The number of alkyl halides is 9. The normalized spacial score (nSPS) is 11.3. The van der Waals surface area contributed by atoms with Crippen LogP contribution in [0.4, 0.5) is 44.3 Å². The maximum Gasteiger partial charge on any atom is 0.433 e. The summed E-state index contributed by atoms with van der Waals surface area (Å²) in [5.41, 5.74) is 1.94. The molecule has 3 aromatic rings. The fraction of sp³-hybridized carbons (Fsp3) is 0.457. The fourth-order valence-corrected chi connectivity index (χ4v) is 4.91. The molecule has 0 aromatic carbocycles. The average Bonchev–Trinajstić information content (AvgIpc) is 3.12. The lowest BCUT2D eigenvalue weighted by Gasteiger charge is -2.19. The third-order valence-electron chi connectivity index (χ3n) is 6.87. The molecule has 3 heterocycles. The molecule has 0 fully saturated rings. The Kier molecular flexibility index (Phi) is 22.1. The Balaban J connectivity index is 0.000000889. The highest BCUT2D eigenvalue weighted by atomic mass is 127. The fourth-order valence-electron chi connectivity index (χ4n) is 4.25. The topological polar surface area (TPSA) is 182 Å². The van der Waals surface area contributed by atoms with Crippen LogP contribution in [0.2, 0.25) is 0 Å². The van der Waals surface area contributed by atoms with E-state index in [9.17, 15) is 58.7 Å². The zero-order valence-electron chi connectivity index (χ0n) is 32.1. The van der Waals surface area contributed by atoms with Crippen LogP contribution in [0, 0.1) is 3.57 Å². The van der Waals surface area contributed by atoms with Gasteiger partial charge >= 0.3 is 42.5 Å². The minimum absolute atomic E-state index is 0. The number of rotatable bonds is 10.